The van der Waals surface area contributed by atoms with E-state index in [0.29, 0.717) is 6.26 Å². The summed E-state index contributed by atoms with van der Waals surface area (Å²) in [6.45, 7) is 0. The molecule has 17 heavy (non-hydrogen) atoms. The first-order valence-electron chi connectivity index (χ1n) is 4.72. The van der Waals surface area contributed by atoms with E-state index in [2.05, 4.69) is 4.98 Å². The highest BCUT2D eigenvalue weighted by atomic mass is 32.2. The summed E-state index contributed by atoms with van der Waals surface area (Å²) in [5.74, 6) is 0.0446. The number of nitrogens with zero attached hydrogens (tertiary/aromatic N) is 2. The van der Waals surface area contributed by atoms with Gasteiger partial charge in [0.1, 0.15) is 17.3 Å². The summed E-state index contributed by atoms with van der Waals surface area (Å²) < 4.78 is 14.8. The topological polar surface area (TPSA) is 101 Å². The van der Waals surface area contributed by atoms with E-state index in [0.717, 1.165) is 16.3 Å². The molecule has 1 aromatic heterocycles. The van der Waals surface area contributed by atoms with Crippen LogP contribution in [-0.4, -0.2) is 32.0 Å². The zero-order chi connectivity index (χ0) is 12.6. The molecule has 0 spiro atoms. The third-order valence-corrected chi connectivity index (χ3v) is 3.72. The van der Waals surface area contributed by atoms with Crippen LogP contribution in [0.2, 0.25) is 0 Å². The number of hydrogen-bond acceptors (Lipinski definition) is 6. The first-order valence-corrected chi connectivity index (χ1v) is 5.60. The number of alkyl halides is 1. The van der Waals surface area contributed by atoms with Crippen LogP contribution in [0, 0.1) is 0 Å². The second kappa shape index (κ2) is 4.38. The molecular formula is C9H10FN3O3S. The quantitative estimate of drug-likeness (QED) is 0.621. The number of nitrogen functional groups attached to an aromatic ring is 1. The molecule has 8 heteroatoms. The molecule has 1 aromatic rings. The van der Waals surface area contributed by atoms with Crippen molar-refractivity contribution >= 4 is 17.6 Å². The highest BCUT2D eigenvalue weighted by molar-refractivity contribution is 8.03. The van der Waals surface area contributed by atoms with Crippen LogP contribution in [0.4, 0.5) is 10.2 Å². The highest BCUT2D eigenvalue weighted by Gasteiger charge is 2.41. The van der Waals surface area contributed by atoms with Gasteiger partial charge in [-0.2, -0.15) is 4.98 Å². The van der Waals surface area contributed by atoms with Gasteiger partial charge in [0.05, 0.1) is 11.2 Å². The summed E-state index contributed by atoms with van der Waals surface area (Å²) in [4.78, 5) is 15.0. The zero-order valence-corrected chi connectivity index (χ0v) is 9.34. The average molecular weight is 259 g/mol. The number of anilines is 1. The lowest BCUT2D eigenvalue weighted by Gasteiger charge is -2.14. The fourth-order valence-corrected chi connectivity index (χ4v) is 2.69. The number of thioether (sulfide) groups is 1. The van der Waals surface area contributed by atoms with Crippen molar-refractivity contribution in [2.24, 2.45) is 0 Å². The standard InChI is InChI=1S/C9H10FN3O3S/c10-6-7(15)4(3-14)17-8(6)13-2-1-5(11)12-9(13)16/h1-3,6-8,14-15H,(H2,11,12,16)/b4-3+/t6-,7+,8+/m0/s1. The largest absolute Gasteiger partial charge is 0.515 e. The molecule has 0 radical (unpaired) electrons. The summed E-state index contributed by atoms with van der Waals surface area (Å²) in [5, 5.41) is 17.3. The third-order valence-electron chi connectivity index (χ3n) is 2.38. The smallest absolute Gasteiger partial charge is 0.350 e. The summed E-state index contributed by atoms with van der Waals surface area (Å²) in [6, 6.07) is 1.36. The molecule has 0 saturated carbocycles. The first kappa shape index (κ1) is 11.9. The van der Waals surface area contributed by atoms with Crippen molar-refractivity contribution in [2.75, 3.05) is 5.73 Å². The zero-order valence-electron chi connectivity index (χ0n) is 8.52. The first-order chi connectivity index (χ1) is 8.04. The number of hydrogen-bond donors (Lipinski definition) is 3. The predicted molar refractivity (Wildman–Crippen MR) is 61.2 cm³/mol. The summed E-state index contributed by atoms with van der Waals surface area (Å²) in [5.41, 5.74) is 4.62. The van der Waals surface area contributed by atoms with Gasteiger partial charge in [0, 0.05) is 6.20 Å². The van der Waals surface area contributed by atoms with Gasteiger partial charge >= 0.3 is 5.69 Å². The van der Waals surface area contributed by atoms with Gasteiger partial charge in [-0.25, -0.2) is 9.18 Å². The van der Waals surface area contributed by atoms with Crippen LogP contribution in [0.25, 0.3) is 0 Å². The minimum Gasteiger partial charge on any atom is -0.515 e. The third kappa shape index (κ3) is 2.01. The number of rotatable bonds is 1. The molecule has 1 saturated heterocycles. The van der Waals surface area contributed by atoms with Gasteiger partial charge in [0.2, 0.25) is 0 Å². The highest BCUT2D eigenvalue weighted by Crippen LogP contribution is 2.45. The number of aliphatic hydroxyl groups is 2. The maximum absolute atomic E-state index is 13.7. The van der Waals surface area contributed by atoms with Crippen LogP contribution >= 0.6 is 11.8 Å². The summed E-state index contributed by atoms with van der Waals surface area (Å²) >= 11 is 0.868. The molecule has 0 aliphatic carbocycles. The fourth-order valence-electron chi connectivity index (χ4n) is 1.52. The molecule has 1 aliphatic rings. The van der Waals surface area contributed by atoms with E-state index in [1.54, 1.807) is 0 Å². The van der Waals surface area contributed by atoms with E-state index in [1.165, 1.54) is 12.3 Å². The molecule has 0 bridgehead atoms. The molecular weight excluding hydrogens is 249 g/mol. The van der Waals surface area contributed by atoms with Crippen LogP contribution in [0.5, 0.6) is 0 Å². The van der Waals surface area contributed by atoms with Crippen LogP contribution in [-0.2, 0) is 0 Å². The summed E-state index contributed by atoms with van der Waals surface area (Å²) in [6.07, 6.45) is -1.18. The molecule has 2 heterocycles. The molecule has 1 fully saturated rings. The Hall–Kier alpha value is -1.54. The molecule has 1 aliphatic heterocycles. The Bertz CT molecular complexity index is 518. The fraction of sp³-hybridized carbons (Fsp3) is 0.333. The Kier molecular flexibility index (Phi) is 3.07. The van der Waals surface area contributed by atoms with E-state index in [4.69, 9.17) is 10.8 Å². The Morgan fingerprint density at radius 3 is 2.88 bits per heavy atom. The second-order valence-electron chi connectivity index (χ2n) is 3.47. The molecule has 6 nitrogen and oxygen atoms in total. The predicted octanol–water partition coefficient (Wildman–Crippen LogP) is 0.169. The number of nitrogens with two attached hydrogens (primary N) is 1. The van der Waals surface area contributed by atoms with Gasteiger partial charge in [-0.05, 0) is 6.07 Å². The Morgan fingerprint density at radius 2 is 2.35 bits per heavy atom. The van der Waals surface area contributed by atoms with Crippen LogP contribution in [0.1, 0.15) is 5.37 Å². The maximum atomic E-state index is 13.7. The normalized spacial score (nSPS) is 30.9. The second-order valence-corrected chi connectivity index (χ2v) is 4.66. The lowest BCUT2D eigenvalue weighted by Crippen LogP contribution is -2.31. The number of aliphatic hydroxyl groups excluding tert-OH is 2. The van der Waals surface area contributed by atoms with Crippen LogP contribution in [0.15, 0.2) is 28.2 Å². The molecule has 2 rings (SSSR count). The lowest BCUT2D eigenvalue weighted by atomic mass is 10.2. The van der Waals surface area contributed by atoms with Crippen molar-refractivity contribution in [2.45, 2.75) is 17.6 Å². The Morgan fingerprint density at radius 1 is 1.65 bits per heavy atom. The van der Waals surface area contributed by atoms with E-state index in [9.17, 15) is 14.3 Å². The van der Waals surface area contributed by atoms with Crippen LogP contribution in [0.3, 0.4) is 0 Å². The molecule has 92 valence electrons. The van der Waals surface area contributed by atoms with E-state index in [1.807, 2.05) is 0 Å². The average Bonchev–Trinajstić information content (AvgIpc) is 2.57. The van der Waals surface area contributed by atoms with E-state index in [-0.39, 0.29) is 10.7 Å². The van der Waals surface area contributed by atoms with Gasteiger partial charge < -0.3 is 15.9 Å². The molecule has 3 atom stereocenters. The van der Waals surface area contributed by atoms with Crippen LogP contribution < -0.4 is 11.4 Å². The molecule has 4 N–H and O–H groups in total. The van der Waals surface area contributed by atoms with Gasteiger partial charge in [0.25, 0.3) is 0 Å². The lowest BCUT2D eigenvalue weighted by molar-refractivity contribution is 0.105. The molecule has 0 aromatic carbocycles. The Labute approximate surface area is 99.6 Å². The van der Waals surface area contributed by atoms with Crippen molar-refractivity contribution in [1.29, 1.82) is 0 Å². The molecule has 0 amide bonds. The van der Waals surface area contributed by atoms with Gasteiger partial charge in [-0.1, -0.05) is 11.8 Å². The number of halogens is 1. The maximum Gasteiger partial charge on any atom is 0.350 e. The van der Waals surface area contributed by atoms with E-state index < -0.39 is 23.3 Å². The van der Waals surface area contributed by atoms with Gasteiger partial charge in [0.15, 0.2) is 6.17 Å². The van der Waals surface area contributed by atoms with Crippen molar-refractivity contribution < 1.29 is 14.6 Å². The SMILES string of the molecule is Nc1ccn([C@@H]2S/C(=C/O)[C@@H](O)[C@@H]2F)c(=O)n1. The summed E-state index contributed by atoms with van der Waals surface area (Å²) in [7, 11) is 0. The van der Waals surface area contributed by atoms with Gasteiger partial charge in [-0.15, -0.1) is 0 Å². The van der Waals surface area contributed by atoms with Crippen molar-refractivity contribution in [3.05, 3.63) is 33.9 Å². The monoisotopic (exact) mass is 259 g/mol. The van der Waals surface area contributed by atoms with E-state index >= 15 is 0 Å². The minimum atomic E-state index is -1.69. The Balaban J connectivity index is 2.39. The van der Waals surface area contributed by atoms with Crippen molar-refractivity contribution in [1.82, 2.24) is 9.55 Å². The minimum absolute atomic E-state index is 0.0446. The molecule has 0 unspecified atom stereocenters. The number of aromatic nitrogens is 2. The van der Waals surface area contributed by atoms with Crippen molar-refractivity contribution in [3.8, 4) is 0 Å². The van der Waals surface area contributed by atoms with Crippen molar-refractivity contribution in [3.63, 3.8) is 0 Å². The van der Waals surface area contributed by atoms with Gasteiger partial charge in [-0.3, -0.25) is 4.57 Å².